The number of aromatic nitrogens is 2. The molecule has 90 valence electrons. The first kappa shape index (κ1) is 11.4. The molecule has 0 amide bonds. The molecule has 1 aromatic carbocycles. The van der Waals surface area contributed by atoms with E-state index >= 15 is 0 Å². The summed E-state index contributed by atoms with van der Waals surface area (Å²) >= 11 is 3.55. The fourth-order valence-corrected chi connectivity index (χ4v) is 2.44. The van der Waals surface area contributed by atoms with Gasteiger partial charge in [0.05, 0.1) is 5.69 Å². The van der Waals surface area contributed by atoms with Gasteiger partial charge in [0, 0.05) is 29.0 Å². The van der Waals surface area contributed by atoms with E-state index in [1.807, 2.05) is 47.1 Å². The molecule has 3 rings (SSSR count). The minimum absolute atomic E-state index is 0.535. The summed E-state index contributed by atoms with van der Waals surface area (Å²) in [5.41, 5.74) is 9.70. The third-order valence-electron chi connectivity index (χ3n) is 2.91. The van der Waals surface area contributed by atoms with Crippen molar-refractivity contribution in [3.63, 3.8) is 0 Å². The van der Waals surface area contributed by atoms with E-state index in [0.29, 0.717) is 6.54 Å². The van der Waals surface area contributed by atoms with Gasteiger partial charge in [-0.25, -0.2) is 4.98 Å². The molecule has 0 unspecified atom stereocenters. The van der Waals surface area contributed by atoms with Crippen LogP contribution in [-0.2, 0) is 6.54 Å². The predicted molar refractivity (Wildman–Crippen MR) is 76.2 cm³/mol. The number of nitrogens with two attached hydrogens (primary N) is 1. The third kappa shape index (κ3) is 1.94. The van der Waals surface area contributed by atoms with Crippen molar-refractivity contribution in [2.75, 3.05) is 0 Å². The quantitative estimate of drug-likeness (QED) is 0.790. The Labute approximate surface area is 113 Å². The SMILES string of the molecule is NCc1ccn2cc(-c3ccccc3Br)nc2c1. The molecule has 0 spiro atoms. The zero-order valence-corrected chi connectivity index (χ0v) is 11.3. The first-order valence-electron chi connectivity index (χ1n) is 5.70. The van der Waals surface area contributed by atoms with Gasteiger partial charge in [0.15, 0.2) is 0 Å². The molecule has 2 N–H and O–H groups in total. The van der Waals surface area contributed by atoms with Crippen LogP contribution in [-0.4, -0.2) is 9.38 Å². The number of halogens is 1. The summed E-state index contributed by atoms with van der Waals surface area (Å²) in [7, 11) is 0. The first-order valence-corrected chi connectivity index (χ1v) is 6.50. The average molecular weight is 302 g/mol. The van der Waals surface area contributed by atoms with Crippen LogP contribution in [0.15, 0.2) is 53.3 Å². The topological polar surface area (TPSA) is 43.3 Å². The maximum Gasteiger partial charge on any atom is 0.137 e. The molecular formula is C14H12BrN3. The highest BCUT2D eigenvalue weighted by Gasteiger charge is 2.07. The molecule has 0 aliphatic rings. The summed E-state index contributed by atoms with van der Waals surface area (Å²) in [5.74, 6) is 0. The van der Waals surface area contributed by atoms with Gasteiger partial charge in [0.2, 0.25) is 0 Å². The molecule has 0 bridgehead atoms. The van der Waals surface area contributed by atoms with Gasteiger partial charge in [-0.1, -0.05) is 34.1 Å². The van der Waals surface area contributed by atoms with Crippen molar-refractivity contribution in [2.24, 2.45) is 5.73 Å². The maximum atomic E-state index is 5.64. The minimum atomic E-state index is 0.535. The summed E-state index contributed by atoms with van der Waals surface area (Å²) < 4.78 is 3.06. The Hall–Kier alpha value is -1.65. The normalized spacial score (nSPS) is 11.0. The Morgan fingerprint density at radius 1 is 1.22 bits per heavy atom. The number of pyridine rings is 1. The second kappa shape index (κ2) is 4.55. The van der Waals surface area contributed by atoms with Crippen molar-refractivity contribution in [3.8, 4) is 11.3 Å². The number of rotatable bonds is 2. The molecule has 0 saturated carbocycles. The highest BCUT2D eigenvalue weighted by Crippen LogP contribution is 2.27. The van der Waals surface area contributed by atoms with Crippen LogP contribution in [0.25, 0.3) is 16.9 Å². The smallest absolute Gasteiger partial charge is 0.137 e. The van der Waals surface area contributed by atoms with E-state index in [-0.39, 0.29) is 0 Å². The summed E-state index contributed by atoms with van der Waals surface area (Å²) in [6.45, 7) is 0.535. The first-order chi connectivity index (χ1) is 8.78. The molecule has 0 fully saturated rings. The van der Waals surface area contributed by atoms with Crippen molar-refractivity contribution in [2.45, 2.75) is 6.54 Å². The lowest BCUT2D eigenvalue weighted by Crippen LogP contribution is -1.96. The molecule has 4 heteroatoms. The lowest BCUT2D eigenvalue weighted by molar-refractivity contribution is 1.05. The van der Waals surface area contributed by atoms with Crippen molar-refractivity contribution < 1.29 is 0 Å². The van der Waals surface area contributed by atoms with Crippen LogP contribution < -0.4 is 5.73 Å². The van der Waals surface area contributed by atoms with Crippen LogP contribution >= 0.6 is 15.9 Å². The largest absolute Gasteiger partial charge is 0.326 e. The molecule has 2 heterocycles. The zero-order chi connectivity index (χ0) is 12.5. The molecule has 3 aromatic rings. The van der Waals surface area contributed by atoms with E-state index in [9.17, 15) is 0 Å². The highest BCUT2D eigenvalue weighted by molar-refractivity contribution is 9.10. The number of benzene rings is 1. The van der Waals surface area contributed by atoms with Gasteiger partial charge < -0.3 is 10.1 Å². The fourth-order valence-electron chi connectivity index (χ4n) is 1.95. The molecule has 0 atom stereocenters. The van der Waals surface area contributed by atoms with Crippen LogP contribution in [0.2, 0.25) is 0 Å². The Bertz CT molecular complexity index is 703. The van der Waals surface area contributed by atoms with E-state index in [1.54, 1.807) is 0 Å². The van der Waals surface area contributed by atoms with Crippen LogP contribution in [0.4, 0.5) is 0 Å². The van der Waals surface area contributed by atoms with Crippen molar-refractivity contribution in [1.29, 1.82) is 0 Å². The summed E-state index contributed by atoms with van der Waals surface area (Å²) in [5, 5.41) is 0. The van der Waals surface area contributed by atoms with Crippen LogP contribution in [0.5, 0.6) is 0 Å². The Kier molecular flexibility index (Phi) is 2.89. The second-order valence-corrected chi connectivity index (χ2v) is 4.96. The number of imidazole rings is 1. The lowest BCUT2D eigenvalue weighted by atomic mass is 10.2. The van der Waals surface area contributed by atoms with Crippen molar-refractivity contribution >= 4 is 21.6 Å². The number of hydrogen-bond donors (Lipinski definition) is 1. The molecular weight excluding hydrogens is 290 g/mol. The average Bonchev–Trinajstić information content (AvgIpc) is 2.81. The zero-order valence-electron chi connectivity index (χ0n) is 9.68. The van der Waals surface area contributed by atoms with Crippen LogP contribution in [0.1, 0.15) is 5.56 Å². The predicted octanol–water partition coefficient (Wildman–Crippen LogP) is 3.22. The summed E-state index contributed by atoms with van der Waals surface area (Å²) in [4.78, 5) is 4.63. The van der Waals surface area contributed by atoms with E-state index in [0.717, 1.165) is 26.9 Å². The standard InChI is InChI=1S/C14H12BrN3/c15-12-4-2-1-3-11(12)13-9-18-6-5-10(8-16)7-14(18)17-13/h1-7,9H,8,16H2. The van der Waals surface area contributed by atoms with E-state index < -0.39 is 0 Å². The molecule has 0 aliphatic carbocycles. The molecule has 2 aromatic heterocycles. The Morgan fingerprint density at radius 2 is 2.06 bits per heavy atom. The van der Waals surface area contributed by atoms with E-state index in [4.69, 9.17) is 5.73 Å². The lowest BCUT2D eigenvalue weighted by Gasteiger charge is -1.98. The monoisotopic (exact) mass is 301 g/mol. The van der Waals surface area contributed by atoms with Gasteiger partial charge in [-0.15, -0.1) is 0 Å². The Morgan fingerprint density at radius 3 is 2.83 bits per heavy atom. The maximum absolute atomic E-state index is 5.64. The van der Waals surface area contributed by atoms with Gasteiger partial charge in [-0.05, 0) is 23.8 Å². The van der Waals surface area contributed by atoms with Crippen LogP contribution in [0, 0.1) is 0 Å². The van der Waals surface area contributed by atoms with E-state index in [2.05, 4.69) is 27.0 Å². The molecule has 0 aliphatic heterocycles. The van der Waals surface area contributed by atoms with E-state index in [1.165, 1.54) is 0 Å². The molecule has 0 radical (unpaired) electrons. The van der Waals surface area contributed by atoms with Gasteiger partial charge in [0.1, 0.15) is 5.65 Å². The number of nitrogens with zero attached hydrogens (tertiary/aromatic N) is 2. The van der Waals surface area contributed by atoms with Gasteiger partial charge >= 0.3 is 0 Å². The molecule has 0 saturated heterocycles. The fraction of sp³-hybridized carbons (Fsp3) is 0.0714. The summed E-state index contributed by atoms with van der Waals surface area (Å²) in [6.07, 6.45) is 4.01. The van der Waals surface area contributed by atoms with Gasteiger partial charge in [-0.2, -0.15) is 0 Å². The number of hydrogen-bond acceptors (Lipinski definition) is 2. The Balaban J connectivity index is 2.17. The molecule has 18 heavy (non-hydrogen) atoms. The third-order valence-corrected chi connectivity index (χ3v) is 3.60. The highest BCUT2D eigenvalue weighted by atomic mass is 79.9. The minimum Gasteiger partial charge on any atom is -0.326 e. The molecule has 3 nitrogen and oxygen atoms in total. The van der Waals surface area contributed by atoms with Crippen molar-refractivity contribution in [1.82, 2.24) is 9.38 Å². The van der Waals surface area contributed by atoms with Crippen molar-refractivity contribution in [3.05, 3.63) is 58.8 Å². The van der Waals surface area contributed by atoms with Gasteiger partial charge in [-0.3, -0.25) is 0 Å². The summed E-state index contributed by atoms with van der Waals surface area (Å²) in [6, 6.07) is 12.1. The number of fused-ring (bicyclic) bond motifs is 1. The van der Waals surface area contributed by atoms with Gasteiger partial charge in [0.25, 0.3) is 0 Å². The van der Waals surface area contributed by atoms with Crippen LogP contribution in [0.3, 0.4) is 0 Å². The second-order valence-electron chi connectivity index (χ2n) is 4.11.